The largest absolute Gasteiger partial charge is 0.311 e. The van der Waals surface area contributed by atoms with Crippen LogP contribution in [0.25, 0.3) is 10.9 Å². The van der Waals surface area contributed by atoms with E-state index in [1.54, 1.807) is 6.20 Å². The van der Waals surface area contributed by atoms with Gasteiger partial charge in [-0.1, -0.05) is 17.3 Å². The molecule has 2 heterocycles. The number of nitrogens with one attached hydrogen (secondary N) is 1. The second kappa shape index (κ2) is 5.58. The highest BCUT2D eigenvalue weighted by Crippen LogP contribution is 2.12. The van der Waals surface area contributed by atoms with Gasteiger partial charge in [0.1, 0.15) is 0 Å². The van der Waals surface area contributed by atoms with Gasteiger partial charge in [-0.05, 0) is 23.8 Å². The Morgan fingerprint density at radius 1 is 1.16 bits per heavy atom. The number of fused-ring (bicyclic) bond motifs is 1. The van der Waals surface area contributed by atoms with Crippen LogP contribution in [0.3, 0.4) is 0 Å². The molecule has 0 amide bonds. The summed E-state index contributed by atoms with van der Waals surface area (Å²) in [4.78, 5) is 4.31. The summed E-state index contributed by atoms with van der Waals surface area (Å²) >= 11 is 0. The van der Waals surface area contributed by atoms with Crippen molar-refractivity contribution in [3.8, 4) is 0 Å². The van der Waals surface area contributed by atoms with Gasteiger partial charge in [0.15, 0.2) is 0 Å². The van der Waals surface area contributed by atoms with Crippen LogP contribution in [0.2, 0.25) is 0 Å². The Labute approximate surface area is 111 Å². The van der Waals surface area contributed by atoms with E-state index in [9.17, 15) is 0 Å². The van der Waals surface area contributed by atoms with Crippen molar-refractivity contribution in [2.75, 3.05) is 6.54 Å². The molecule has 96 valence electrons. The summed E-state index contributed by atoms with van der Waals surface area (Å²) in [6, 6.07) is 10.4. The van der Waals surface area contributed by atoms with Gasteiger partial charge in [0.05, 0.1) is 18.3 Å². The molecule has 19 heavy (non-hydrogen) atoms. The summed E-state index contributed by atoms with van der Waals surface area (Å²) in [5.41, 5.74) is 2.30. The molecule has 0 aliphatic rings. The fraction of sp³-hybridized carbons (Fsp3) is 0.214. The highest BCUT2D eigenvalue weighted by molar-refractivity contribution is 5.78. The average Bonchev–Trinajstić information content (AvgIpc) is 2.97. The molecular weight excluding hydrogens is 238 g/mol. The summed E-state index contributed by atoms with van der Waals surface area (Å²) in [5, 5.41) is 12.3. The normalized spacial score (nSPS) is 10.9. The van der Waals surface area contributed by atoms with E-state index in [0.29, 0.717) is 0 Å². The maximum Gasteiger partial charge on any atom is 0.0702 e. The first-order valence-corrected chi connectivity index (χ1v) is 6.30. The molecule has 0 spiro atoms. The van der Waals surface area contributed by atoms with Gasteiger partial charge in [-0.15, -0.1) is 5.10 Å². The minimum atomic E-state index is 0.829. The number of pyridine rings is 1. The zero-order valence-electron chi connectivity index (χ0n) is 10.5. The fourth-order valence-electron chi connectivity index (χ4n) is 2.01. The lowest BCUT2D eigenvalue weighted by molar-refractivity contribution is 0.540. The van der Waals surface area contributed by atoms with Crippen LogP contribution >= 0.6 is 0 Å². The van der Waals surface area contributed by atoms with Gasteiger partial charge in [-0.2, -0.15) is 0 Å². The Morgan fingerprint density at radius 2 is 2.16 bits per heavy atom. The average molecular weight is 253 g/mol. The highest BCUT2D eigenvalue weighted by atomic mass is 15.4. The SMILES string of the molecule is c1cnc2ccc(CNCCn3ccnn3)cc2c1. The molecule has 0 saturated carbocycles. The van der Waals surface area contributed by atoms with Crippen LogP contribution in [0.15, 0.2) is 48.9 Å². The minimum Gasteiger partial charge on any atom is -0.311 e. The quantitative estimate of drug-likeness (QED) is 0.702. The third-order valence-electron chi connectivity index (χ3n) is 2.99. The third kappa shape index (κ3) is 2.95. The van der Waals surface area contributed by atoms with Crippen molar-refractivity contribution in [2.24, 2.45) is 0 Å². The van der Waals surface area contributed by atoms with E-state index in [1.165, 1.54) is 10.9 Å². The van der Waals surface area contributed by atoms with Crippen molar-refractivity contribution in [2.45, 2.75) is 13.1 Å². The Balaban J connectivity index is 1.56. The summed E-state index contributed by atoms with van der Waals surface area (Å²) in [7, 11) is 0. The highest BCUT2D eigenvalue weighted by Gasteiger charge is 1.97. The lowest BCUT2D eigenvalue weighted by Crippen LogP contribution is -2.19. The molecule has 3 rings (SSSR count). The van der Waals surface area contributed by atoms with Crippen LogP contribution in [-0.4, -0.2) is 26.5 Å². The van der Waals surface area contributed by atoms with E-state index in [2.05, 4.69) is 44.9 Å². The summed E-state index contributed by atoms with van der Waals surface area (Å²) in [5.74, 6) is 0. The molecule has 0 atom stereocenters. The fourth-order valence-corrected chi connectivity index (χ4v) is 2.01. The molecule has 0 aliphatic carbocycles. The van der Waals surface area contributed by atoms with Crippen molar-refractivity contribution >= 4 is 10.9 Å². The van der Waals surface area contributed by atoms with Crippen LogP contribution in [0.5, 0.6) is 0 Å². The number of hydrogen-bond donors (Lipinski definition) is 1. The van der Waals surface area contributed by atoms with Crippen molar-refractivity contribution < 1.29 is 0 Å². The van der Waals surface area contributed by atoms with Gasteiger partial charge < -0.3 is 5.32 Å². The Morgan fingerprint density at radius 3 is 3.05 bits per heavy atom. The van der Waals surface area contributed by atoms with Crippen LogP contribution in [0, 0.1) is 0 Å². The number of aromatic nitrogens is 4. The molecule has 3 aromatic rings. The molecule has 1 N–H and O–H groups in total. The predicted octanol–water partition coefficient (Wildman–Crippen LogP) is 1.62. The van der Waals surface area contributed by atoms with E-state index < -0.39 is 0 Å². The molecule has 1 aromatic carbocycles. The third-order valence-corrected chi connectivity index (χ3v) is 2.99. The minimum absolute atomic E-state index is 0.829. The zero-order valence-corrected chi connectivity index (χ0v) is 10.5. The first kappa shape index (κ1) is 11.8. The van der Waals surface area contributed by atoms with Gasteiger partial charge in [0, 0.05) is 30.9 Å². The number of hydrogen-bond acceptors (Lipinski definition) is 4. The maximum absolute atomic E-state index is 4.31. The van der Waals surface area contributed by atoms with E-state index in [0.717, 1.165) is 25.2 Å². The second-order valence-electron chi connectivity index (χ2n) is 4.37. The van der Waals surface area contributed by atoms with Crippen molar-refractivity contribution in [1.29, 1.82) is 0 Å². The molecular formula is C14H15N5. The van der Waals surface area contributed by atoms with Gasteiger partial charge in [-0.3, -0.25) is 9.67 Å². The van der Waals surface area contributed by atoms with E-state index in [1.807, 2.05) is 23.1 Å². The van der Waals surface area contributed by atoms with Crippen LogP contribution in [0.4, 0.5) is 0 Å². The molecule has 5 heteroatoms. The Kier molecular flexibility index (Phi) is 3.47. The van der Waals surface area contributed by atoms with Gasteiger partial charge >= 0.3 is 0 Å². The molecule has 0 radical (unpaired) electrons. The number of nitrogens with zero attached hydrogens (tertiary/aromatic N) is 4. The summed E-state index contributed by atoms with van der Waals surface area (Å²) in [6.45, 7) is 2.54. The van der Waals surface area contributed by atoms with Crippen molar-refractivity contribution in [1.82, 2.24) is 25.3 Å². The molecule has 0 fully saturated rings. The zero-order chi connectivity index (χ0) is 12.9. The summed E-state index contributed by atoms with van der Waals surface area (Å²) in [6.07, 6.45) is 5.37. The topological polar surface area (TPSA) is 55.6 Å². The Hall–Kier alpha value is -2.27. The first-order chi connectivity index (χ1) is 9.42. The monoisotopic (exact) mass is 253 g/mol. The number of benzene rings is 1. The van der Waals surface area contributed by atoms with E-state index in [-0.39, 0.29) is 0 Å². The van der Waals surface area contributed by atoms with Crippen LogP contribution in [-0.2, 0) is 13.1 Å². The molecule has 2 aromatic heterocycles. The lowest BCUT2D eigenvalue weighted by atomic mass is 10.1. The maximum atomic E-state index is 4.31. The smallest absolute Gasteiger partial charge is 0.0702 e. The van der Waals surface area contributed by atoms with Crippen molar-refractivity contribution in [3.63, 3.8) is 0 Å². The second-order valence-corrected chi connectivity index (χ2v) is 4.37. The molecule has 0 saturated heterocycles. The van der Waals surface area contributed by atoms with Gasteiger partial charge in [0.2, 0.25) is 0 Å². The van der Waals surface area contributed by atoms with Crippen LogP contribution < -0.4 is 5.32 Å². The predicted molar refractivity (Wildman–Crippen MR) is 73.5 cm³/mol. The van der Waals surface area contributed by atoms with E-state index >= 15 is 0 Å². The van der Waals surface area contributed by atoms with Crippen molar-refractivity contribution in [3.05, 3.63) is 54.5 Å². The standard InChI is InChI=1S/C14H15N5/c1-2-13-10-12(3-4-14(13)16-5-1)11-15-6-8-19-9-7-17-18-19/h1-5,7,9-10,15H,6,8,11H2. The molecule has 0 aliphatic heterocycles. The molecule has 0 unspecified atom stereocenters. The molecule has 5 nitrogen and oxygen atoms in total. The van der Waals surface area contributed by atoms with Gasteiger partial charge in [0.25, 0.3) is 0 Å². The molecule has 0 bridgehead atoms. The summed E-state index contributed by atoms with van der Waals surface area (Å²) < 4.78 is 1.82. The lowest BCUT2D eigenvalue weighted by Gasteiger charge is -2.06. The first-order valence-electron chi connectivity index (χ1n) is 6.30. The number of rotatable bonds is 5. The van der Waals surface area contributed by atoms with Gasteiger partial charge in [-0.25, -0.2) is 0 Å². The van der Waals surface area contributed by atoms with Crippen LogP contribution in [0.1, 0.15) is 5.56 Å². The Bertz CT molecular complexity index is 648. The van der Waals surface area contributed by atoms with E-state index in [4.69, 9.17) is 0 Å².